The first-order valence-corrected chi connectivity index (χ1v) is 6.69. The highest BCUT2D eigenvalue weighted by Crippen LogP contribution is 2.12. The number of rotatable bonds is 7. The van der Waals surface area contributed by atoms with E-state index in [4.69, 9.17) is 5.73 Å². The summed E-state index contributed by atoms with van der Waals surface area (Å²) >= 11 is 0. The van der Waals surface area contributed by atoms with Crippen LogP contribution in [0.15, 0.2) is 12.1 Å². The number of hydrogen-bond acceptors (Lipinski definition) is 5. The quantitative estimate of drug-likeness (QED) is 0.688. The molecule has 0 radical (unpaired) electrons. The lowest BCUT2D eigenvalue weighted by Gasteiger charge is -2.26. The molecule has 1 heterocycles. The number of nitrogens with two attached hydrogens (primary N) is 1. The van der Waals surface area contributed by atoms with Crippen molar-refractivity contribution in [3.63, 3.8) is 0 Å². The molecular formula is C13H23N5O. The van der Waals surface area contributed by atoms with Gasteiger partial charge in [0.1, 0.15) is 5.82 Å². The topological polar surface area (TPSA) is 92.9 Å². The van der Waals surface area contributed by atoms with Gasteiger partial charge in [-0.25, -0.2) is 0 Å². The predicted molar refractivity (Wildman–Crippen MR) is 76.0 cm³/mol. The molecule has 19 heavy (non-hydrogen) atoms. The third-order valence-electron chi connectivity index (χ3n) is 3.26. The molecule has 1 amide bonds. The molecule has 0 aliphatic heterocycles. The van der Waals surface area contributed by atoms with Crippen LogP contribution in [0, 0.1) is 0 Å². The summed E-state index contributed by atoms with van der Waals surface area (Å²) in [7, 11) is 0. The molecule has 0 aliphatic carbocycles. The third kappa shape index (κ3) is 4.48. The molecule has 1 aromatic heterocycles. The van der Waals surface area contributed by atoms with E-state index in [0.717, 1.165) is 12.8 Å². The van der Waals surface area contributed by atoms with Gasteiger partial charge >= 0.3 is 0 Å². The minimum Gasteiger partial charge on any atom is -0.367 e. The molecule has 6 heteroatoms. The lowest BCUT2D eigenvalue weighted by molar-refractivity contribution is 0.0950. The molecule has 0 atom stereocenters. The molecule has 6 nitrogen and oxygen atoms in total. The van der Waals surface area contributed by atoms with E-state index in [2.05, 4.69) is 34.7 Å². The second kappa shape index (κ2) is 7.04. The zero-order valence-corrected chi connectivity index (χ0v) is 11.9. The number of hydrogen-bond donors (Lipinski definition) is 3. The Morgan fingerprint density at radius 1 is 1.26 bits per heavy atom. The molecule has 1 rings (SSSR count). The second-order valence-electron chi connectivity index (χ2n) is 4.59. The molecule has 0 unspecified atom stereocenters. The highest BCUT2D eigenvalue weighted by molar-refractivity contribution is 5.92. The van der Waals surface area contributed by atoms with Crippen LogP contribution in [0.25, 0.3) is 0 Å². The summed E-state index contributed by atoms with van der Waals surface area (Å²) in [6, 6.07) is 3.39. The van der Waals surface area contributed by atoms with Crippen molar-refractivity contribution in [2.75, 3.05) is 18.4 Å². The standard InChI is InChI=1S/C13H23N5O/c1-4-13(14,5-2)9-16-11-8-7-10(17-18-11)12(19)15-6-3/h7-8H,4-6,9,14H2,1-3H3,(H,15,19)(H,16,18). The monoisotopic (exact) mass is 265 g/mol. The molecule has 0 aromatic carbocycles. The Morgan fingerprint density at radius 2 is 1.95 bits per heavy atom. The van der Waals surface area contributed by atoms with Crippen molar-refractivity contribution in [2.24, 2.45) is 5.73 Å². The van der Waals surface area contributed by atoms with E-state index in [1.165, 1.54) is 0 Å². The maximum atomic E-state index is 11.5. The molecular weight excluding hydrogens is 242 g/mol. The van der Waals surface area contributed by atoms with Gasteiger partial charge in [0, 0.05) is 18.6 Å². The van der Waals surface area contributed by atoms with E-state index in [-0.39, 0.29) is 11.4 Å². The maximum absolute atomic E-state index is 11.5. The summed E-state index contributed by atoms with van der Waals surface area (Å²) in [6.45, 7) is 7.19. The minimum atomic E-state index is -0.236. The number of anilines is 1. The fourth-order valence-corrected chi connectivity index (χ4v) is 1.57. The fourth-order valence-electron chi connectivity index (χ4n) is 1.57. The van der Waals surface area contributed by atoms with Crippen LogP contribution in [0.5, 0.6) is 0 Å². The molecule has 0 fully saturated rings. The fraction of sp³-hybridized carbons (Fsp3) is 0.615. The van der Waals surface area contributed by atoms with E-state index in [9.17, 15) is 4.79 Å². The van der Waals surface area contributed by atoms with Crippen LogP contribution >= 0.6 is 0 Å². The highest BCUT2D eigenvalue weighted by atomic mass is 16.1. The third-order valence-corrected chi connectivity index (χ3v) is 3.26. The first kappa shape index (κ1) is 15.4. The molecule has 0 spiro atoms. The van der Waals surface area contributed by atoms with E-state index in [1.54, 1.807) is 12.1 Å². The van der Waals surface area contributed by atoms with Crippen LogP contribution in [-0.2, 0) is 0 Å². The number of aromatic nitrogens is 2. The summed E-state index contributed by atoms with van der Waals surface area (Å²) in [5, 5.41) is 13.7. The van der Waals surface area contributed by atoms with Gasteiger partial charge in [-0.05, 0) is 31.9 Å². The van der Waals surface area contributed by atoms with E-state index in [1.807, 2.05) is 6.92 Å². The van der Waals surface area contributed by atoms with Crippen LogP contribution in [0.3, 0.4) is 0 Å². The van der Waals surface area contributed by atoms with Crippen molar-refractivity contribution in [1.82, 2.24) is 15.5 Å². The Bertz CT molecular complexity index is 400. The predicted octanol–water partition coefficient (Wildman–Crippen LogP) is 1.16. The molecule has 0 aliphatic rings. The van der Waals surface area contributed by atoms with Gasteiger partial charge in [0.15, 0.2) is 5.69 Å². The maximum Gasteiger partial charge on any atom is 0.271 e. The first-order chi connectivity index (χ1) is 9.04. The van der Waals surface area contributed by atoms with Crippen molar-refractivity contribution in [3.8, 4) is 0 Å². The normalized spacial score (nSPS) is 11.2. The summed E-state index contributed by atoms with van der Waals surface area (Å²) in [5.41, 5.74) is 6.27. The summed E-state index contributed by atoms with van der Waals surface area (Å²) < 4.78 is 0. The average Bonchev–Trinajstić information content (AvgIpc) is 2.45. The lowest BCUT2D eigenvalue weighted by atomic mass is 9.94. The number of carbonyl (C=O) groups is 1. The summed E-state index contributed by atoms with van der Waals surface area (Å²) in [6.07, 6.45) is 1.78. The van der Waals surface area contributed by atoms with Crippen LogP contribution in [-0.4, -0.2) is 34.7 Å². The Morgan fingerprint density at radius 3 is 2.42 bits per heavy atom. The van der Waals surface area contributed by atoms with Gasteiger partial charge in [-0.1, -0.05) is 13.8 Å². The Kier molecular flexibility index (Phi) is 5.69. The number of amides is 1. The molecule has 4 N–H and O–H groups in total. The van der Waals surface area contributed by atoms with Crippen molar-refractivity contribution in [2.45, 2.75) is 39.2 Å². The van der Waals surface area contributed by atoms with Gasteiger partial charge in [-0.3, -0.25) is 4.79 Å². The van der Waals surface area contributed by atoms with E-state index < -0.39 is 0 Å². The van der Waals surface area contributed by atoms with Crippen molar-refractivity contribution >= 4 is 11.7 Å². The Labute approximate surface area is 114 Å². The molecule has 106 valence electrons. The molecule has 1 aromatic rings. The number of nitrogens with zero attached hydrogens (tertiary/aromatic N) is 2. The largest absolute Gasteiger partial charge is 0.367 e. The zero-order valence-electron chi connectivity index (χ0n) is 11.9. The van der Waals surface area contributed by atoms with Crippen molar-refractivity contribution in [3.05, 3.63) is 17.8 Å². The zero-order chi connectivity index (χ0) is 14.3. The molecule has 0 saturated heterocycles. The smallest absolute Gasteiger partial charge is 0.271 e. The Hall–Kier alpha value is -1.69. The van der Waals surface area contributed by atoms with Crippen LogP contribution in [0.4, 0.5) is 5.82 Å². The lowest BCUT2D eigenvalue weighted by Crippen LogP contribution is -2.45. The van der Waals surface area contributed by atoms with Crippen LogP contribution < -0.4 is 16.4 Å². The molecule has 0 saturated carbocycles. The summed E-state index contributed by atoms with van der Waals surface area (Å²) in [5.74, 6) is 0.418. The van der Waals surface area contributed by atoms with Gasteiger partial charge < -0.3 is 16.4 Å². The second-order valence-corrected chi connectivity index (χ2v) is 4.59. The van der Waals surface area contributed by atoms with Gasteiger partial charge in [0.2, 0.25) is 0 Å². The SMILES string of the molecule is CCNC(=O)c1ccc(NCC(N)(CC)CC)nn1. The van der Waals surface area contributed by atoms with E-state index in [0.29, 0.717) is 24.6 Å². The first-order valence-electron chi connectivity index (χ1n) is 6.69. The van der Waals surface area contributed by atoms with Gasteiger partial charge in [0.25, 0.3) is 5.91 Å². The van der Waals surface area contributed by atoms with Crippen molar-refractivity contribution < 1.29 is 4.79 Å². The highest BCUT2D eigenvalue weighted by Gasteiger charge is 2.19. The van der Waals surface area contributed by atoms with Gasteiger partial charge in [-0.2, -0.15) is 0 Å². The summed E-state index contributed by atoms with van der Waals surface area (Å²) in [4.78, 5) is 11.5. The van der Waals surface area contributed by atoms with Gasteiger partial charge in [0.05, 0.1) is 0 Å². The number of nitrogens with one attached hydrogen (secondary N) is 2. The van der Waals surface area contributed by atoms with Crippen LogP contribution in [0.1, 0.15) is 44.1 Å². The van der Waals surface area contributed by atoms with Crippen molar-refractivity contribution in [1.29, 1.82) is 0 Å². The average molecular weight is 265 g/mol. The Balaban J connectivity index is 2.60. The van der Waals surface area contributed by atoms with Gasteiger partial charge in [-0.15, -0.1) is 10.2 Å². The van der Waals surface area contributed by atoms with E-state index >= 15 is 0 Å². The van der Waals surface area contributed by atoms with Crippen LogP contribution in [0.2, 0.25) is 0 Å². The number of carbonyl (C=O) groups excluding carboxylic acids is 1. The molecule has 0 bridgehead atoms. The minimum absolute atomic E-state index is 0.211.